The molecule has 0 bridgehead atoms. The van der Waals surface area contributed by atoms with Gasteiger partial charge in [0.25, 0.3) is 0 Å². The van der Waals surface area contributed by atoms with E-state index in [4.69, 9.17) is 9.15 Å². The molecule has 0 unspecified atom stereocenters. The number of amides is 2. The minimum Gasteiger partial charge on any atom is -0.496 e. The highest BCUT2D eigenvalue weighted by atomic mass is 19.1. The van der Waals surface area contributed by atoms with Crippen LogP contribution in [0.15, 0.2) is 41.2 Å². The van der Waals surface area contributed by atoms with Crippen LogP contribution in [0.5, 0.6) is 5.75 Å². The zero-order valence-electron chi connectivity index (χ0n) is 13.5. The van der Waals surface area contributed by atoms with Crippen LogP contribution in [0.1, 0.15) is 31.0 Å². The van der Waals surface area contributed by atoms with Gasteiger partial charge in [0.05, 0.1) is 37.8 Å². The Morgan fingerprint density at radius 2 is 2.22 bits per heavy atom. The monoisotopic (exact) mass is 320 g/mol. The van der Waals surface area contributed by atoms with Crippen molar-refractivity contribution in [2.45, 2.75) is 26.4 Å². The zero-order valence-corrected chi connectivity index (χ0v) is 13.5. The largest absolute Gasteiger partial charge is 0.496 e. The zero-order chi connectivity index (χ0) is 16.8. The van der Waals surface area contributed by atoms with Gasteiger partial charge in [-0.05, 0) is 32.0 Å². The highest BCUT2D eigenvalue weighted by Crippen LogP contribution is 2.27. The van der Waals surface area contributed by atoms with E-state index in [0.29, 0.717) is 24.4 Å². The number of halogens is 1. The van der Waals surface area contributed by atoms with E-state index in [2.05, 4.69) is 5.32 Å². The number of ether oxygens (including phenoxy) is 1. The smallest absolute Gasteiger partial charge is 0.318 e. The molecule has 2 aromatic rings. The molecule has 0 saturated carbocycles. The number of carbonyl (C=O) groups is 1. The van der Waals surface area contributed by atoms with E-state index in [1.807, 2.05) is 6.92 Å². The summed E-state index contributed by atoms with van der Waals surface area (Å²) in [5, 5.41) is 2.81. The minimum absolute atomic E-state index is 0.272. The van der Waals surface area contributed by atoms with Gasteiger partial charge >= 0.3 is 6.03 Å². The van der Waals surface area contributed by atoms with Crippen LogP contribution < -0.4 is 10.1 Å². The van der Waals surface area contributed by atoms with Crippen molar-refractivity contribution < 1.29 is 18.3 Å². The van der Waals surface area contributed by atoms with Crippen LogP contribution in [0.25, 0.3) is 0 Å². The van der Waals surface area contributed by atoms with Crippen molar-refractivity contribution in [1.82, 2.24) is 10.2 Å². The maximum atomic E-state index is 14.1. The molecule has 23 heavy (non-hydrogen) atoms. The first-order valence-corrected chi connectivity index (χ1v) is 7.45. The van der Waals surface area contributed by atoms with E-state index in [1.165, 1.54) is 13.2 Å². The topological polar surface area (TPSA) is 54.7 Å². The van der Waals surface area contributed by atoms with E-state index in [9.17, 15) is 9.18 Å². The van der Waals surface area contributed by atoms with Gasteiger partial charge in [0.1, 0.15) is 11.6 Å². The molecule has 1 N–H and O–H groups in total. The number of urea groups is 1. The van der Waals surface area contributed by atoms with Gasteiger partial charge < -0.3 is 19.4 Å². The third-order valence-corrected chi connectivity index (χ3v) is 3.63. The molecule has 2 rings (SSSR count). The van der Waals surface area contributed by atoms with Crippen LogP contribution in [0.2, 0.25) is 0 Å². The summed E-state index contributed by atoms with van der Waals surface area (Å²) < 4.78 is 24.3. The van der Waals surface area contributed by atoms with Crippen LogP contribution in [0, 0.1) is 5.82 Å². The Labute approximate surface area is 135 Å². The number of hydrogen-bond donors (Lipinski definition) is 1. The predicted octanol–water partition coefficient (Wildman–Crippen LogP) is 3.72. The molecule has 1 atom stereocenters. The summed E-state index contributed by atoms with van der Waals surface area (Å²) in [5.74, 6) is 0.00529. The predicted molar refractivity (Wildman–Crippen MR) is 84.7 cm³/mol. The summed E-state index contributed by atoms with van der Waals surface area (Å²) in [6.07, 6.45) is 3.16. The molecular formula is C17H21FN2O3. The van der Waals surface area contributed by atoms with Gasteiger partial charge in [-0.2, -0.15) is 0 Å². The lowest BCUT2D eigenvalue weighted by molar-refractivity contribution is 0.194. The molecule has 5 nitrogen and oxygen atoms in total. The second-order valence-electron chi connectivity index (χ2n) is 5.17. The average Bonchev–Trinajstić information content (AvgIpc) is 3.04. The number of rotatable bonds is 6. The van der Waals surface area contributed by atoms with E-state index in [1.54, 1.807) is 42.5 Å². The first-order valence-electron chi connectivity index (χ1n) is 7.45. The van der Waals surface area contributed by atoms with E-state index < -0.39 is 11.9 Å². The van der Waals surface area contributed by atoms with Gasteiger partial charge in [-0.3, -0.25) is 0 Å². The number of methoxy groups -OCH3 is 1. The fraction of sp³-hybridized carbons (Fsp3) is 0.353. The van der Waals surface area contributed by atoms with Gasteiger partial charge in [-0.25, -0.2) is 9.18 Å². The Balaban J connectivity index is 2.09. The fourth-order valence-corrected chi connectivity index (χ4v) is 2.39. The molecule has 1 aromatic carbocycles. The van der Waals surface area contributed by atoms with Crippen LogP contribution >= 0.6 is 0 Å². The summed E-state index contributed by atoms with van der Waals surface area (Å²) in [5.41, 5.74) is 1.24. The third kappa shape index (κ3) is 4.03. The highest BCUT2D eigenvalue weighted by molar-refractivity contribution is 5.74. The van der Waals surface area contributed by atoms with E-state index in [0.717, 1.165) is 5.56 Å². The summed E-state index contributed by atoms with van der Waals surface area (Å²) in [6.45, 7) is 4.57. The molecule has 124 valence electrons. The van der Waals surface area contributed by atoms with Crippen LogP contribution in [0.4, 0.5) is 9.18 Å². The lowest BCUT2D eigenvalue weighted by atomic mass is 10.1. The van der Waals surface area contributed by atoms with E-state index >= 15 is 0 Å². The van der Waals surface area contributed by atoms with Crippen LogP contribution in [0.3, 0.4) is 0 Å². The van der Waals surface area contributed by atoms with Gasteiger partial charge in [0.2, 0.25) is 0 Å². The van der Waals surface area contributed by atoms with Gasteiger partial charge in [-0.15, -0.1) is 0 Å². The summed E-state index contributed by atoms with van der Waals surface area (Å²) in [6, 6.07) is 5.61. The maximum absolute atomic E-state index is 14.1. The fourth-order valence-electron chi connectivity index (χ4n) is 2.39. The van der Waals surface area contributed by atoms with Crippen LogP contribution in [-0.4, -0.2) is 24.6 Å². The summed E-state index contributed by atoms with van der Waals surface area (Å²) in [4.78, 5) is 14.0. The van der Waals surface area contributed by atoms with Crippen LogP contribution in [-0.2, 0) is 6.54 Å². The lowest BCUT2D eigenvalue weighted by Crippen LogP contribution is -2.40. The van der Waals surface area contributed by atoms with Crippen molar-refractivity contribution >= 4 is 6.03 Å². The first-order chi connectivity index (χ1) is 11.1. The molecule has 0 fully saturated rings. The first kappa shape index (κ1) is 16.9. The molecule has 6 heteroatoms. The molecular weight excluding hydrogens is 299 g/mol. The highest BCUT2D eigenvalue weighted by Gasteiger charge is 2.21. The number of benzene rings is 1. The van der Waals surface area contributed by atoms with Crippen molar-refractivity contribution in [2.75, 3.05) is 13.7 Å². The third-order valence-electron chi connectivity index (χ3n) is 3.63. The standard InChI is InChI=1S/C17H21FN2O3/c1-4-20(10-13-8-9-23-11-13)17(21)19-12(2)16-14(18)6-5-7-15(16)22-3/h5-9,11-12H,4,10H2,1-3H3,(H,19,21)/t12-/m1/s1. The Bertz CT molecular complexity index is 643. The molecule has 0 aliphatic carbocycles. The van der Waals surface area contributed by atoms with Crippen molar-refractivity contribution in [3.8, 4) is 5.75 Å². The van der Waals surface area contributed by atoms with Gasteiger partial charge in [0.15, 0.2) is 0 Å². The number of nitrogens with one attached hydrogen (secondary N) is 1. The molecule has 0 saturated heterocycles. The summed E-state index contributed by atoms with van der Waals surface area (Å²) >= 11 is 0. The number of carbonyl (C=O) groups excluding carboxylic acids is 1. The quantitative estimate of drug-likeness (QED) is 0.882. The molecule has 1 heterocycles. The number of furan rings is 1. The molecule has 0 aliphatic heterocycles. The minimum atomic E-state index is -0.517. The molecule has 1 aromatic heterocycles. The summed E-state index contributed by atoms with van der Waals surface area (Å²) in [7, 11) is 1.48. The SMILES string of the molecule is CCN(Cc1ccoc1)C(=O)N[C@H](C)c1c(F)cccc1OC. The van der Waals surface area contributed by atoms with Gasteiger partial charge in [-0.1, -0.05) is 6.07 Å². The average molecular weight is 320 g/mol. The Morgan fingerprint density at radius 3 is 2.83 bits per heavy atom. The molecule has 0 aliphatic rings. The Hall–Kier alpha value is -2.50. The second kappa shape index (κ2) is 7.67. The molecule has 2 amide bonds. The molecule has 0 spiro atoms. The van der Waals surface area contributed by atoms with Gasteiger partial charge in [0, 0.05) is 12.1 Å². The Kier molecular flexibility index (Phi) is 5.62. The Morgan fingerprint density at radius 1 is 1.43 bits per heavy atom. The van der Waals surface area contributed by atoms with Crippen molar-refractivity contribution in [1.29, 1.82) is 0 Å². The van der Waals surface area contributed by atoms with E-state index in [-0.39, 0.29) is 6.03 Å². The van der Waals surface area contributed by atoms with Crippen molar-refractivity contribution in [3.63, 3.8) is 0 Å². The molecule has 0 radical (unpaired) electrons. The second-order valence-corrected chi connectivity index (χ2v) is 5.17. The number of hydrogen-bond acceptors (Lipinski definition) is 3. The lowest BCUT2D eigenvalue weighted by Gasteiger charge is -2.24. The normalized spacial score (nSPS) is 11.8. The number of nitrogens with zero attached hydrogens (tertiary/aromatic N) is 1. The van der Waals surface area contributed by atoms with Crippen molar-refractivity contribution in [2.24, 2.45) is 0 Å². The maximum Gasteiger partial charge on any atom is 0.318 e. The van der Waals surface area contributed by atoms with Crippen molar-refractivity contribution in [3.05, 3.63) is 53.7 Å².